The second kappa shape index (κ2) is 11.0. The lowest BCUT2D eigenvalue weighted by Crippen LogP contribution is -2.29. The van der Waals surface area contributed by atoms with Crippen LogP contribution in [0.2, 0.25) is 0 Å². The first-order chi connectivity index (χ1) is 20.4. The van der Waals surface area contributed by atoms with Gasteiger partial charge in [0.05, 0.1) is 25.0 Å². The van der Waals surface area contributed by atoms with E-state index in [0.29, 0.717) is 22.6 Å². The van der Waals surface area contributed by atoms with Crippen molar-refractivity contribution in [3.8, 4) is 11.5 Å². The first-order valence-corrected chi connectivity index (χ1v) is 13.8. The topological polar surface area (TPSA) is 123 Å². The number of carbonyl (C=O) groups is 2. The molecule has 0 aromatic heterocycles. The van der Waals surface area contributed by atoms with Crippen molar-refractivity contribution in [1.82, 2.24) is 0 Å². The maximum atomic E-state index is 13.4. The van der Waals surface area contributed by atoms with Crippen LogP contribution in [-0.2, 0) is 19.1 Å². The van der Waals surface area contributed by atoms with E-state index in [1.165, 1.54) is 0 Å². The molecule has 8 nitrogen and oxygen atoms in total. The lowest BCUT2D eigenvalue weighted by Gasteiger charge is -2.34. The Kier molecular flexibility index (Phi) is 7.04. The minimum atomic E-state index is -0.630. The van der Waals surface area contributed by atoms with E-state index in [2.05, 4.69) is 0 Å². The van der Waals surface area contributed by atoms with Crippen LogP contribution in [0.15, 0.2) is 108 Å². The van der Waals surface area contributed by atoms with E-state index in [1.54, 1.807) is 13.8 Å². The second-order valence-corrected chi connectivity index (χ2v) is 9.94. The number of esters is 2. The van der Waals surface area contributed by atoms with Gasteiger partial charge in [0.15, 0.2) is 0 Å². The number of rotatable bonds is 6. The number of nitrogens with two attached hydrogens (primary N) is 2. The van der Waals surface area contributed by atoms with Crippen LogP contribution in [0.1, 0.15) is 47.9 Å². The number of benzene rings is 4. The van der Waals surface area contributed by atoms with E-state index in [1.807, 2.05) is 84.9 Å². The van der Waals surface area contributed by atoms with Crippen molar-refractivity contribution in [2.75, 3.05) is 13.2 Å². The molecule has 6 rings (SSSR count). The minimum absolute atomic E-state index is 0.0221. The lowest BCUT2D eigenvalue weighted by molar-refractivity contribution is -0.140. The van der Waals surface area contributed by atoms with Crippen LogP contribution in [0.4, 0.5) is 0 Å². The summed E-state index contributed by atoms with van der Waals surface area (Å²) in [5.41, 5.74) is 16.3. The Morgan fingerprint density at radius 2 is 1.05 bits per heavy atom. The van der Waals surface area contributed by atoms with Gasteiger partial charge in [-0.05, 0) is 47.9 Å². The van der Waals surface area contributed by atoms with Crippen molar-refractivity contribution >= 4 is 22.7 Å². The largest absolute Gasteiger partial charge is 0.462 e. The number of carbonyl (C=O) groups excluding carboxylic acids is 2. The summed E-state index contributed by atoms with van der Waals surface area (Å²) in [5, 5.41) is 1.62. The highest BCUT2D eigenvalue weighted by Gasteiger charge is 2.41. The Labute approximate surface area is 243 Å². The van der Waals surface area contributed by atoms with Gasteiger partial charge >= 0.3 is 11.9 Å². The molecule has 2 heterocycles. The maximum absolute atomic E-state index is 13.4. The van der Waals surface area contributed by atoms with Gasteiger partial charge in [0, 0.05) is 11.1 Å². The highest BCUT2D eigenvalue weighted by atomic mass is 16.5. The molecule has 4 aromatic rings. The van der Waals surface area contributed by atoms with Gasteiger partial charge in [0.1, 0.15) is 22.6 Å². The Balaban J connectivity index is 1.71. The van der Waals surface area contributed by atoms with E-state index < -0.39 is 23.8 Å². The molecular formula is C34H30N2O6. The van der Waals surface area contributed by atoms with Gasteiger partial charge in [-0.25, -0.2) is 9.59 Å². The van der Waals surface area contributed by atoms with Crippen molar-refractivity contribution < 1.29 is 28.5 Å². The molecule has 212 valence electrons. The average Bonchev–Trinajstić information content (AvgIpc) is 3.00. The molecule has 4 N–H and O–H groups in total. The Morgan fingerprint density at radius 3 is 1.43 bits per heavy atom. The summed E-state index contributed by atoms with van der Waals surface area (Å²) in [6, 6.07) is 26.7. The summed E-state index contributed by atoms with van der Waals surface area (Å²) < 4.78 is 23.2. The number of hydrogen-bond donors (Lipinski definition) is 2. The molecule has 2 aliphatic rings. The molecular weight excluding hydrogens is 532 g/mol. The molecule has 2 atom stereocenters. The summed E-state index contributed by atoms with van der Waals surface area (Å²) >= 11 is 0. The van der Waals surface area contributed by atoms with Crippen LogP contribution in [0.3, 0.4) is 0 Å². The van der Waals surface area contributed by atoms with Crippen LogP contribution in [0.5, 0.6) is 11.5 Å². The SMILES string of the molecule is CCOC(=O)C1=C(N)Oc2ccc3ccc4c(c3c2[C@H]1c1ccccc1)[C@H](c1ccccc1)C(C(=O)OCC)=C(N)O4. The lowest BCUT2D eigenvalue weighted by atomic mass is 9.75. The minimum Gasteiger partial charge on any atom is -0.462 e. The van der Waals surface area contributed by atoms with Crippen molar-refractivity contribution in [3.63, 3.8) is 0 Å². The van der Waals surface area contributed by atoms with Gasteiger partial charge in [-0.15, -0.1) is 0 Å². The smallest absolute Gasteiger partial charge is 0.340 e. The average molecular weight is 563 g/mol. The van der Waals surface area contributed by atoms with E-state index in [0.717, 1.165) is 21.9 Å². The first kappa shape index (κ1) is 27.0. The third-order valence-corrected chi connectivity index (χ3v) is 7.57. The highest BCUT2D eigenvalue weighted by molar-refractivity contribution is 6.02. The van der Waals surface area contributed by atoms with E-state index in [9.17, 15) is 9.59 Å². The quantitative estimate of drug-likeness (QED) is 0.301. The molecule has 8 heteroatoms. The maximum Gasteiger partial charge on any atom is 0.340 e. The van der Waals surface area contributed by atoms with Gasteiger partial charge in [-0.3, -0.25) is 0 Å². The summed E-state index contributed by atoms with van der Waals surface area (Å²) in [5.74, 6) is -1.46. The van der Waals surface area contributed by atoms with E-state index in [4.69, 9.17) is 30.4 Å². The van der Waals surface area contributed by atoms with Crippen LogP contribution in [-0.4, -0.2) is 25.2 Å². The molecule has 2 aliphatic heterocycles. The van der Waals surface area contributed by atoms with E-state index in [-0.39, 0.29) is 36.1 Å². The van der Waals surface area contributed by atoms with Gasteiger partial charge in [0.2, 0.25) is 11.8 Å². The van der Waals surface area contributed by atoms with E-state index >= 15 is 0 Å². The second-order valence-electron chi connectivity index (χ2n) is 9.94. The normalized spacial score (nSPS) is 17.6. The molecule has 0 fully saturated rings. The third-order valence-electron chi connectivity index (χ3n) is 7.57. The monoisotopic (exact) mass is 562 g/mol. The van der Waals surface area contributed by atoms with Crippen molar-refractivity contribution in [2.45, 2.75) is 25.7 Å². The number of ether oxygens (including phenoxy) is 4. The van der Waals surface area contributed by atoms with Crippen LogP contribution in [0.25, 0.3) is 10.8 Å². The fourth-order valence-corrected chi connectivity index (χ4v) is 5.92. The van der Waals surface area contributed by atoms with Crippen molar-refractivity contribution in [2.24, 2.45) is 11.5 Å². The van der Waals surface area contributed by atoms with Gasteiger partial charge in [-0.1, -0.05) is 72.8 Å². The van der Waals surface area contributed by atoms with Crippen LogP contribution < -0.4 is 20.9 Å². The van der Waals surface area contributed by atoms with Crippen molar-refractivity contribution in [3.05, 3.63) is 130 Å². The van der Waals surface area contributed by atoms with Crippen LogP contribution >= 0.6 is 0 Å². The summed E-state index contributed by atoms with van der Waals surface area (Å²) in [7, 11) is 0. The summed E-state index contributed by atoms with van der Waals surface area (Å²) in [6.07, 6.45) is 0. The zero-order valence-electron chi connectivity index (χ0n) is 23.3. The molecule has 0 bridgehead atoms. The molecule has 0 saturated carbocycles. The molecule has 0 unspecified atom stereocenters. The van der Waals surface area contributed by atoms with Gasteiger partial charge in [-0.2, -0.15) is 0 Å². The predicted molar refractivity (Wildman–Crippen MR) is 157 cm³/mol. The fraction of sp³-hybridized carbons (Fsp3) is 0.176. The standard InChI is InChI=1S/C34H30N2O6/c1-3-39-33(37)29-25(19-11-7-5-8-12-19)27-22(41-31(29)35)17-15-21-16-18-23-28(24(21)27)26(20-13-9-6-10-14-20)30(32(36)42-23)34(38)40-4-2/h5-18,25-26H,3-4,35-36H2,1-2H3/t25-,26+. The summed E-state index contributed by atoms with van der Waals surface area (Å²) in [4.78, 5) is 26.8. The molecule has 4 aromatic carbocycles. The third kappa shape index (κ3) is 4.41. The van der Waals surface area contributed by atoms with Crippen molar-refractivity contribution in [1.29, 1.82) is 0 Å². The molecule has 0 amide bonds. The Morgan fingerprint density at radius 1 is 0.643 bits per heavy atom. The Bertz CT molecular complexity index is 1640. The zero-order valence-corrected chi connectivity index (χ0v) is 23.3. The zero-order chi connectivity index (χ0) is 29.4. The predicted octanol–water partition coefficient (Wildman–Crippen LogP) is 5.36. The highest BCUT2D eigenvalue weighted by Crippen LogP contribution is 2.52. The summed E-state index contributed by atoms with van der Waals surface area (Å²) in [6.45, 7) is 3.83. The number of hydrogen-bond acceptors (Lipinski definition) is 8. The van der Waals surface area contributed by atoms with Gasteiger partial charge < -0.3 is 30.4 Å². The molecule has 42 heavy (non-hydrogen) atoms. The van der Waals surface area contributed by atoms with Crippen LogP contribution in [0, 0.1) is 0 Å². The molecule has 0 saturated heterocycles. The molecule has 0 radical (unpaired) electrons. The first-order valence-electron chi connectivity index (χ1n) is 13.8. The number of fused-ring (bicyclic) bond motifs is 5. The Hall–Kier alpha value is -5.24. The fourth-order valence-electron chi connectivity index (χ4n) is 5.92. The molecule has 0 spiro atoms. The van der Waals surface area contributed by atoms with Gasteiger partial charge in [0.25, 0.3) is 0 Å². The molecule has 0 aliphatic carbocycles.